The Bertz CT molecular complexity index is 652. The van der Waals surface area contributed by atoms with E-state index in [1.807, 2.05) is 35.2 Å². The molecule has 0 radical (unpaired) electrons. The third-order valence-corrected chi connectivity index (χ3v) is 5.21. The summed E-state index contributed by atoms with van der Waals surface area (Å²) in [6.45, 7) is 0. The van der Waals surface area contributed by atoms with Gasteiger partial charge in [0.1, 0.15) is 6.04 Å². The Labute approximate surface area is 152 Å². The van der Waals surface area contributed by atoms with Crippen LogP contribution in [-0.4, -0.2) is 47.1 Å². The van der Waals surface area contributed by atoms with E-state index in [1.165, 1.54) is 7.11 Å². The number of rotatable bonds is 3. The lowest BCUT2D eigenvalue weighted by atomic mass is 9.85. The third kappa shape index (κ3) is 3.92. The summed E-state index contributed by atoms with van der Waals surface area (Å²) in [6.07, 6.45) is 4.05. The van der Waals surface area contributed by atoms with Crippen molar-refractivity contribution < 1.29 is 14.3 Å². The molecule has 2 fully saturated rings. The number of anilines is 1. The smallest absolute Gasteiger partial charge is 0.308 e. The molecule has 1 aromatic carbocycles. The Balaban J connectivity index is 1.85. The van der Waals surface area contributed by atoms with Crippen molar-refractivity contribution in [2.45, 2.75) is 50.2 Å². The maximum atomic E-state index is 12.6. The molecule has 1 heterocycles. The van der Waals surface area contributed by atoms with E-state index in [9.17, 15) is 9.59 Å². The molecule has 0 spiro atoms. The number of piperazine rings is 1. The molecule has 1 aromatic rings. The lowest BCUT2D eigenvalue weighted by Gasteiger charge is -2.49. The summed E-state index contributed by atoms with van der Waals surface area (Å²) < 4.78 is 4.77. The van der Waals surface area contributed by atoms with Crippen LogP contribution in [0.15, 0.2) is 30.3 Å². The Morgan fingerprint density at radius 3 is 2.76 bits per heavy atom. The molecule has 1 aliphatic heterocycles. The number of carbonyl (C=O) groups excluding carboxylic acids is 2. The highest BCUT2D eigenvalue weighted by Crippen LogP contribution is 2.30. The molecule has 3 rings (SSSR count). The average Bonchev–Trinajstić information content (AvgIpc) is 2.62. The number of hydrogen-bond acceptors (Lipinski definition) is 4. The van der Waals surface area contributed by atoms with Gasteiger partial charge < -0.3 is 20.3 Å². The summed E-state index contributed by atoms with van der Waals surface area (Å²) in [4.78, 5) is 26.4. The first-order valence-corrected chi connectivity index (χ1v) is 9.02. The van der Waals surface area contributed by atoms with Gasteiger partial charge in [-0.15, -0.1) is 0 Å². The zero-order valence-electron chi connectivity index (χ0n) is 14.2. The summed E-state index contributed by atoms with van der Waals surface area (Å²) >= 11 is 5.63. The molecule has 0 aromatic heterocycles. The van der Waals surface area contributed by atoms with Gasteiger partial charge >= 0.3 is 5.97 Å². The van der Waals surface area contributed by atoms with Crippen molar-refractivity contribution in [1.29, 1.82) is 0 Å². The number of fused-ring (bicyclic) bond motifs is 1. The SMILES string of the molecule is COC(=O)C[C@@H]1C(=O)N[C@@H]2CCCC[C@H]2N1C(=S)Nc1ccccc1. The number of ether oxygens (including phenoxy) is 1. The van der Waals surface area contributed by atoms with E-state index in [-0.39, 0.29) is 24.4 Å². The fourth-order valence-corrected chi connectivity index (χ4v) is 4.06. The summed E-state index contributed by atoms with van der Waals surface area (Å²) in [5.41, 5.74) is 0.864. The van der Waals surface area contributed by atoms with Gasteiger partial charge in [0.05, 0.1) is 19.6 Å². The normalized spacial score (nSPS) is 25.6. The van der Waals surface area contributed by atoms with Crippen molar-refractivity contribution in [3.63, 3.8) is 0 Å². The average molecular weight is 361 g/mol. The highest BCUT2D eigenvalue weighted by Gasteiger charge is 2.44. The molecule has 25 heavy (non-hydrogen) atoms. The van der Waals surface area contributed by atoms with Crippen LogP contribution in [0, 0.1) is 0 Å². The number of benzene rings is 1. The van der Waals surface area contributed by atoms with Gasteiger partial charge in [-0.05, 0) is 37.2 Å². The molecule has 1 amide bonds. The van der Waals surface area contributed by atoms with Gasteiger partial charge in [-0.1, -0.05) is 31.0 Å². The second-order valence-electron chi connectivity index (χ2n) is 6.47. The number of nitrogens with zero attached hydrogens (tertiary/aromatic N) is 1. The van der Waals surface area contributed by atoms with Crippen LogP contribution in [0.4, 0.5) is 5.69 Å². The van der Waals surface area contributed by atoms with E-state index in [1.54, 1.807) is 0 Å². The molecule has 1 saturated carbocycles. The van der Waals surface area contributed by atoms with E-state index in [0.29, 0.717) is 5.11 Å². The Morgan fingerprint density at radius 1 is 1.32 bits per heavy atom. The topological polar surface area (TPSA) is 70.7 Å². The number of nitrogens with one attached hydrogen (secondary N) is 2. The van der Waals surface area contributed by atoms with Gasteiger partial charge in [0.2, 0.25) is 5.91 Å². The molecule has 1 aliphatic carbocycles. The summed E-state index contributed by atoms with van der Waals surface area (Å²) in [7, 11) is 1.33. The molecule has 2 N–H and O–H groups in total. The molecule has 7 heteroatoms. The number of thiocarbonyl (C=S) groups is 1. The fraction of sp³-hybridized carbons (Fsp3) is 0.500. The molecule has 3 atom stereocenters. The van der Waals surface area contributed by atoms with E-state index in [2.05, 4.69) is 10.6 Å². The number of hydrogen-bond donors (Lipinski definition) is 2. The van der Waals surface area contributed by atoms with Gasteiger partial charge in [0.15, 0.2) is 5.11 Å². The minimum Gasteiger partial charge on any atom is -0.469 e. The fourth-order valence-electron chi connectivity index (χ4n) is 3.68. The van der Waals surface area contributed by atoms with Gasteiger partial charge in [-0.2, -0.15) is 0 Å². The van der Waals surface area contributed by atoms with Crippen LogP contribution in [0.3, 0.4) is 0 Å². The number of methoxy groups -OCH3 is 1. The lowest BCUT2D eigenvalue weighted by Crippen LogP contribution is -2.68. The second kappa shape index (κ2) is 7.82. The summed E-state index contributed by atoms with van der Waals surface area (Å²) in [5, 5.41) is 6.76. The van der Waals surface area contributed by atoms with Crippen molar-refractivity contribution in [1.82, 2.24) is 10.2 Å². The van der Waals surface area contributed by atoms with Crippen molar-refractivity contribution in [2.75, 3.05) is 12.4 Å². The number of carbonyl (C=O) groups is 2. The quantitative estimate of drug-likeness (QED) is 0.634. The molecule has 1 saturated heterocycles. The second-order valence-corrected chi connectivity index (χ2v) is 6.85. The van der Waals surface area contributed by atoms with Gasteiger partial charge in [0.25, 0.3) is 0 Å². The molecular weight excluding hydrogens is 338 g/mol. The molecule has 6 nitrogen and oxygen atoms in total. The van der Waals surface area contributed by atoms with Gasteiger partial charge in [0, 0.05) is 11.7 Å². The van der Waals surface area contributed by atoms with Crippen LogP contribution in [0.5, 0.6) is 0 Å². The van der Waals surface area contributed by atoms with Crippen LogP contribution in [0.25, 0.3) is 0 Å². The largest absolute Gasteiger partial charge is 0.469 e. The maximum Gasteiger partial charge on any atom is 0.308 e. The predicted molar refractivity (Wildman–Crippen MR) is 99.1 cm³/mol. The number of amides is 1. The number of esters is 1. The van der Waals surface area contributed by atoms with Gasteiger partial charge in [-0.25, -0.2) is 0 Å². The van der Waals surface area contributed by atoms with E-state index in [0.717, 1.165) is 31.4 Å². The van der Waals surface area contributed by atoms with Crippen LogP contribution < -0.4 is 10.6 Å². The Morgan fingerprint density at radius 2 is 2.04 bits per heavy atom. The predicted octanol–water partition coefficient (Wildman–Crippen LogP) is 2.06. The minimum absolute atomic E-state index is 0.0117. The van der Waals surface area contributed by atoms with Crippen LogP contribution in [0.2, 0.25) is 0 Å². The van der Waals surface area contributed by atoms with E-state index in [4.69, 9.17) is 17.0 Å². The molecule has 0 unspecified atom stereocenters. The first kappa shape index (κ1) is 17.7. The first-order chi connectivity index (χ1) is 12.1. The lowest BCUT2D eigenvalue weighted by molar-refractivity contribution is -0.146. The molecule has 0 bridgehead atoms. The maximum absolute atomic E-state index is 12.6. The minimum atomic E-state index is -0.643. The van der Waals surface area contributed by atoms with Gasteiger partial charge in [-0.3, -0.25) is 9.59 Å². The van der Waals surface area contributed by atoms with E-state index < -0.39 is 12.0 Å². The highest BCUT2D eigenvalue weighted by molar-refractivity contribution is 7.80. The standard InChI is InChI=1S/C18H23N3O3S/c1-24-16(22)11-15-17(23)20-13-9-5-6-10-14(13)21(15)18(25)19-12-7-3-2-4-8-12/h2-4,7-8,13-15H,5-6,9-11H2,1H3,(H,19,25)(H,20,23)/t13-,14-,15-/m1/s1. The summed E-state index contributed by atoms with van der Waals surface area (Å²) in [6, 6.07) is 9.14. The van der Waals surface area contributed by atoms with Crippen LogP contribution in [-0.2, 0) is 14.3 Å². The van der Waals surface area contributed by atoms with Crippen LogP contribution >= 0.6 is 12.2 Å². The Hall–Kier alpha value is -2.15. The first-order valence-electron chi connectivity index (χ1n) is 8.61. The highest BCUT2D eigenvalue weighted by atomic mass is 32.1. The zero-order valence-corrected chi connectivity index (χ0v) is 15.1. The summed E-state index contributed by atoms with van der Waals surface area (Å²) in [5.74, 6) is -0.576. The molecular formula is C18H23N3O3S. The van der Waals surface area contributed by atoms with Crippen molar-refractivity contribution in [3.8, 4) is 0 Å². The van der Waals surface area contributed by atoms with E-state index >= 15 is 0 Å². The van der Waals surface area contributed by atoms with Crippen molar-refractivity contribution in [2.24, 2.45) is 0 Å². The zero-order chi connectivity index (χ0) is 17.8. The van der Waals surface area contributed by atoms with Crippen molar-refractivity contribution >= 4 is 34.9 Å². The monoisotopic (exact) mass is 361 g/mol. The van der Waals surface area contributed by atoms with Crippen molar-refractivity contribution in [3.05, 3.63) is 30.3 Å². The molecule has 134 valence electrons. The third-order valence-electron chi connectivity index (χ3n) is 4.90. The number of para-hydroxylation sites is 1. The van der Waals surface area contributed by atoms with Crippen LogP contribution in [0.1, 0.15) is 32.1 Å². The molecule has 2 aliphatic rings. The Kier molecular flexibility index (Phi) is 5.53.